The second kappa shape index (κ2) is 6.22. The second-order valence-electron chi connectivity index (χ2n) is 5.82. The van der Waals surface area contributed by atoms with Gasteiger partial charge in [0.15, 0.2) is 5.96 Å². The highest BCUT2D eigenvalue weighted by molar-refractivity contribution is 7.18. The predicted molar refractivity (Wildman–Crippen MR) is 87.3 cm³/mol. The van der Waals surface area contributed by atoms with Crippen molar-refractivity contribution in [3.8, 4) is 0 Å². The summed E-state index contributed by atoms with van der Waals surface area (Å²) in [4.78, 5) is 8.95. The highest BCUT2D eigenvalue weighted by Gasteiger charge is 2.09. The SMILES string of the molecule is CC(C)(C)NC(N)=NCCCc1nc2ccccc2s1. The molecule has 2 rings (SSSR count). The highest BCUT2D eigenvalue weighted by Crippen LogP contribution is 2.22. The predicted octanol–water partition coefficient (Wildman–Crippen LogP) is 2.93. The molecule has 1 heterocycles. The maximum Gasteiger partial charge on any atom is 0.188 e. The summed E-state index contributed by atoms with van der Waals surface area (Å²) in [5.41, 5.74) is 6.87. The summed E-state index contributed by atoms with van der Waals surface area (Å²) in [6, 6.07) is 8.24. The number of rotatable bonds is 4. The molecule has 1 aromatic heterocycles. The number of guanidine groups is 1. The molecule has 1 aromatic carbocycles. The Labute approximate surface area is 124 Å². The van der Waals surface area contributed by atoms with Gasteiger partial charge >= 0.3 is 0 Å². The molecule has 0 aliphatic heterocycles. The van der Waals surface area contributed by atoms with Gasteiger partial charge < -0.3 is 11.1 Å². The van der Waals surface area contributed by atoms with Gasteiger partial charge in [0.1, 0.15) is 0 Å². The molecule has 108 valence electrons. The molecule has 0 saturated carbocycles. The number of nitrogens with two attached hydrogens (primary N) is 1. The molecular formula is C15H22N4S. The van der Waals surface area contributed by atoms with Crippen LogP contribution in [0.25, 0.3) is 10.2 Å². The lowest BCUT2D eigenvalue weighted by atomic mass is 10.1. The van der Waals surface area contributed by atoms with E-state index in [0.717, 1.165) is 24.9 Å². The van der Waals surface area contributed by atoms with Crippen molar-refractivity contribution in [2.24, 2.45) is 10.7 Å². The summed E-state index contributed by atoms with van der Waals surface area (Å²) in [6.45, 7) is 6.92. The van der Waals surface area contributed by atoms with Crippen molar-refractivity contribution < 1.29 is 0 Å². The van der Waals surface area contributed by atoms with E-state index in [1.165, 1.54) is 9.71 Å². The molecule has 0 saturated heterocycles. The smallest absolute Gasteiger partial charge is 0.188 e. The molecule has 0 radical (unpaired) electrons. The normalized spacial score (nSPS) is 12.8. The Balaban J connectivity index is 1.82. The fourth-order valence-electron chi connectivity index (χ4n) is 1.88. The first kappa shape index (κ1) is 14.8. The van der Waals surface area contributed by atoms with Crippen molar-refractivity contribution in [2.45, 2.75) is 39.2 Å². The van der Waals surface area contributed by atoms with Crippen LogP contribution in [-0.2, 0) is 6.42 Å². The number of hydrogen-bond acceptors (Lipinski definition) is 3. The molecule has 5 heteroatoms. The van der Waals surface area contributed by atoms with Gasteiger partial charge in [-0.25, -0.2) is 4.98 Å². The monoisotopic (exact) mass is 290 g/mol. The fourth-order valence-corrected chi connectivity index (χ4v) is 2.89. The number of aromatic nitrogens is 1. The molecule has 3 N–H and O–H groups in total. The minimum Gasteiger partial charge on any atom is -0.370 e. The summed E-state index contributed by atoms with van der Waals surface area (Å²) in [6.07, 6.45) is 1.91. The third-order valence-electron chi connectivity index (χ3n) is 2.67. The average molecular weight is 290 g/mol. The first-order valence-corrected chi connectivity index (χ1v) is 7.68. The fraction of sp³-hybridized carbons (Fsp3) is 0.467. The summed E-state index contributed by atoms with van der Waals surface area (Å²) in [5.74, 6) is 0.516. The van der Waals surface area contributed by atoms with Gasteiger partial charge in [0.2, 0.25) is 0 Å². The zero-order valence-electron chi connectivity index (χ0n) is 12.3. The van der Waals surface area contributed by atoms with Crippen molar-refractivity contribution >= 4 is 27.5 Å². The minimum absolute atomic E-state index is 0.0411. The lowest BCUT2D eigenvalue weighted by Gasteiger charge is -2.20. The number of aryl methyl sites for hydroxylation is 1. The summed E-state index contributed by atoms with van der Waals surface area (Å²) in [5, 5.41) is 4.32. The number of para-hydroxylation sites is 1. The van der Waals surface area contributed by atoms with Crippen LogP contribution in [0.2, 0.25) is 0 Å². The van der Waals surface area contributed by atoms with Crippen LogP contribution in [0.4, 0.5) is 0 Å². The topological polar surface area (TPSA) is 63.3 Å². The van der Waals surface area contributed by atoms with Gasteiger partial charge in [0, 0.05) is 18.5 Å². The maximum atomic E-state index is 5.83. The third kappa shape index (κ3) is 4.49. The molecule has 0 atom stereocenters. The van der Waals surface area contributed by atoms with E-state index >= 15 is 0 Å². The summed E-state index contributed by atoms with van der Waals surface area (Å²) >= 11 is 1.76. The van der Waals surface area contributed by atoms with E-state index in [9.17, 15) is 0 Å². The van der Waals surface area contributed by atoms with Crippen molar-refractivity contribution in [2.75, 3.05) is 6.54 Å². The van der Waals surface area contributed by atoms with E-state index in [-0.39, 0.29) is 5.54 Å². The summed E-state index contributed by atoms with van der Waals surface area (Å²) < 4.78 is 1.25. The van der Waals surface area contributed by atoms with Crippen LogP contribution in [0.5, 0.6) is 0 Å². The van der Waals surface area contributed by atoms with Gasteiger partial charge in [0.25, 0.3) is 0 Å². The zero-order valence-corrected chi connectivity index (χ0v) is 13.1. The van der Waals surface area contributed by atoms with Gasteiger partial charge in [-0.05, 0) is 39.3 Å². The van der Waals surface area contributed by atoms with E-state index in [0.29, 0.717) is 5.96 Å². The number of nitrogens with one attached hydrogen (secondary N) is 1. The molecule has 2 aromatic rings. The Kier molecular flexibility index (Phi) is 4.60. The minimum atomic E-state index is -0.0411. The third-order valence-corrected chi connectivity index (χ3v) is 3.77. The van der Waals surface area contributed by atoms with Crippen LogP contribution in [0.15, 0.2) is 29.3 Å². The van der Waals surface area contributed by atoms with Gasteiger partial charge in [-0.2, -0.15) is 0 Å². The molecule has 0 fully saturated rings. The standard InChI is InChI=1S/C15H22N4S/c1-15(2,3)19-14(16)17-10-6-9-13-18-11-7-4-5-8-12(11)20-13/h4-5,7-8H,6,9-10H2,1-3H3,(H3,16,17,19). The number of thiazole rings is 1. The van der Waals surface area contributed by atoms with Crippen molar-refractivity contribution in [1.82, 2.24) is 10.3 Å². The maximum absolute atomic E-state index is 5.83. The molecule has 0 aliphatic rings. The van der Waals surface area contributed by atoms with E-state index in [1.807, 2.05) is 12.1 Å². The number of nitrogens with zero attached hydrogens (tertiary/aromatic N) is 2. The van der Waals surface area contributed by atoms with Gasteiger partial charge in [0.05, 0.1) is 15.2 Å². The van der Waals surface area contributed by atoms with Gasteiger partial charge in [-0.1, -0.05) is 12.1 Å². The molecule has 20 heavy (non-hydrogen) atoms. The Morgan fingerprint density at radius 1 is 1.35 bits per heavy atom. The van der Waals surface area contributed by atoms with Crippen LogP contribution in [0, 0.1) is 0 Å². The molecule has 0 amide bonds. The molecule has 4 nitrogen and oxygen atoms in total. The second-order valence-corrected chi connectivity index (χ2v) is 6.94. The number of benzene rings is 1. The van der Waals surface area contributed by atoms with Crippen LogP contribution < -0.4 is 11.1 Å². The van der Waals surface area contributed by atoms with Crippen molar-refractivity contribution in [1.29, 1.82) is 0 Å². The van der Waals surface area contributed by atoms with Crippen LogP contribution >= 0.6 is 11.3 Å². The molecule has 0 bridgehead atoms. The zero-order chi connectivity index (χ0) is 14.6. The quantitative estimate of drug-likeness (QED) is 0.517. The number of aliphatic imine (C=N–C) groups is 1. The van der Waals surface area contributed by atoms with E-state index in [2.05, 4.69) is 48.2 Å². The first-order valence-electron chi connectivity index (χ1n) is 6.86. The molecule has 0 unspecified atom stereocenters. The number of hydrogen-bond donors (Lipinski definition) is 2. The molecular weight excluding hydrogens is 268 g/mol. The first-order chi connectivity index (χ1) is 9.44. The highest BCUT2D eigenvalue weighted by atomic mass is 32.1. The number of fused-ring (bicyclic) bond motifs is 1. The van der Waals surface area contributed by atoms with Crippen molar-refractivity contribution in [3.63, 3.8) is 0 Å². The van der Waals surface area contributed by atoms with Crippen LogP contribution in [-0.4, -0.2) is 23.0 Å². The molecule has 0 spiro atoms. The largest absolute Gasteiger partial charge is 0.370 e. The average Bonchev–Trinajstić information content (AvgIpc) is 2.75. The lowest BCUT2D eigenvalue weighted by molar-refractivity contribution is 0.508. The van der Waals surface area contributed by atoms with Crippen molar-refractivity contribution in [3.05, 3.63) is 29.3 Å². The Morgan fingerprint density at radius 2 is 2.10 bits per heavy atom. The van der Waals surface area contributed by atoms with Crippen LogP contribution in [0.3, 0.4) is 0 Å². The van der Waals surface area contributed by atoms with E-state index in [4.69, 9.17) is 5.73 Å². The lowest BCUT2D eigenvalue weighted by Crippen LogP contribution is -2.45. The van der Waals surface area contributed by atoms with Crippen LogP contribution in [0.1, 0.15) is 32.2 Å². The Hall–Kier alpha value is -1.62. The Bertz CT molecular complexity index is 562. The van der Waals surface area contributed by atoms with Gasteiger partial charge in [-0.15, -0.1) is 11.3 Å². The Morgan fingerprint density at radius 3 is 2.80 bits per heavy atom. The van der Waals surface area contributed by atoms with E-state index in [1.54, 1.807) is 11.3 Å². The summed E-state index contributed by atoms with van der Waals surface area (Å²) in [7, 11) is 0. The van der Waals surface area contributed by atoms with E-state index < -0.39 is 0 Å². The van der Waals surface area contributed by atoms with Gasteiger partial charge in [-0.3, -0.25) is 4.99 Å². The molecule has 0 aliphatic carbocycles.